The summed E-state index contributed by atoms with van der Waals surface area (Å²) in [6, 6.07) is 19.2. The number of benzene rings is 4. The van der Waals surface area contributed by atoms with Gasteiger partial charge in [0.15, 0.2) is 12.6 Å². The molecule has 346 valence electrons. The van der Waals surface area contributed by atoms with Gasteiger partial charge in [0, 0.05) is 63.0 Å². The van der Waals surface area contributed by atoms with Gasteiger partial charge >= 0.3 is 18.1 Å². The fourth-order valence-corrected chi connectivity index (χ4v) is 9.48. The van der Waals surface area contributed by atoms with Crippen LogP contribution in [-0.4, -0.2) is 112 Å². The number of nitrogens with one attached hydrogen (secondary N) is 1. The Balaban J connectivity index is 1.14. The van der Waals surface area contributed by atoms with Crippen molar-refractivity contribution in [2.45, 2.75) is 70.2 Å². The molecular formula is C49H56F3N5O8. The Labute approximate surface area is 376 Å². The number of aromatic nitrogens is 2. The molecule has 1 aromatic heterocycles. The number of alkyl carbamates (subject to hydrolysis) is 1. The van der Waals surface area contributed by atoms with E-state index in [0.29, 0.717) is 97.5 Å². The van der Waals surface area contributed by atoms with Crippen molar-refractivity contribution >= 4 is 39.6 Å². The van der Waals surface area contributed by atoms with E-state index in [0.717, 1.165) is 24.9 Å². The standard InChI is InChI=1S/C49H56F3N5O8/c1-3-62-42(58)12-7-11-38-41(51)16-13-34-23-36(65-31-60-2)24-40(43(34)38)37-14-15-39-45(44(37)52)54-47(64-30-49-18-8-20-57(49)27-35(50)25-49)55-46(39)56-21-22-61-28-33(26-56)17-19-53-48(59)63-29-32-9-5-4-6-10-32/h4-6,9-10,13-16,23-24,33,35H,3,7-8,11-12,17-22,25-31H2,1-2H3,(H,53,59)/t33?,35-,49+/m1/s1. The van der Waals surface area contributed by atoms with Crippen molar-refractivity contribution in [1.29, 1.82) is 0 Å². The Hall–Kier alpha value is -5.71. The summed E-state index contributed by atoms with van der Waals surface area (Å²) in [4.78, 5) is 38.6. The molecule has 0 saturated carbocycles. The summed E-state index contributed by atoms with van der Waals surface area (Å²) in [6.45, 7) is 5.32. The number of aryl methyl sites for hydroxylation is 1. The number of amides is 1. The number of fused-ring (bicyclic) bond motifs is 3. The van der Waals surface area contributed by atoms with Crippen molar-refractivity contribution in [3.05, 3.63) is 89.5 Å². The zero-order valence-corrected chi connectivity index (χ0v) is 36.9. The first-order valence-corrected chi connectivity index (χ1v) is 22.5. The van der Waals surface area contributed by atoms with Gasteiger partial charge in [0.2, 0.25) is 0 Å². The normalized spacial score (nSPS) is 19.9. The van der Waals surface area contributed by atoms with Crippen LogP contribution in [0.1, 0.15) is 56.6 Å². The van der Waals surface area contributed by atoms with Gasteiger partial charge in [0.1, 0.15) is 42.3 Å². The van der Waals surface area contributed by atoms with Gasteiger partial charge in [0.05, 0.1) is 25.4 Å². The molecule has 3 aliphatic rings. The number of esters is 1. The number of rotatable bonds is 18. The molecule has 65 heavy (non-hydrogen) atoms. The number of carbonyl (C=O) groups is 2. The molecule has 1 amide bonds. The highest BCUT2D eigenvalue weighted by molar-refractivity contribution is 6.03. The van der Waals surface area contributed by atoms with Gasteiger partial charge in [-0.25, -0.2) is 18.0 Å². The van der Waals surface area contributed by atoms with E-state index in [9.17, 15) is 14.0 Å². The van der Waals surface area contributed by atoms with E-state index in [2.05, 4.69) is 10.2 Å². The summed E-state index contributed by atoms with van der Waals surface area (Å²) >= 11 is 0. The number of carbonyl (C=O) groups excluding carboxylic acids is 2. The minimum absolute atomic E-state index is 0.0146. The predicted molar refractivity (Wildman–Crippen MR) is 239 cm³/mol. The van der Waals surface area contributed by atoms with Crippen molar-refractivity contribution in [3.63, 3.8) is 0 Å². The number of ether oxygens (including phenoxy) is 6. The molecule has 0 aliphatic carbocycles. The predicted octanol–water partition coefficient (Wildman–Crippen LogP) is 8.32. The second kappa shape index (κ2) is 21.1. The molecule has 3 aliphatic heterocycles. The maximum absolute atomic E-state index is 17.7. The number of nitrogens with zero attached hydrogens (tertiary/aromatic N) is 4. The number of anilines is 1. The average molecular weight is 900 g/mol. The topological polar surface area (TPSA) is 134 Å². The van der Waals surface area contributed by atoms with Crippen LogP contribution in [0.15, 0.2) is 66.7 Å². The summed E-state index contributed by atoms with van der Waals surface area (Å²) < 4.78 is 82.4. The van der Waals surface area contributed by atoms with Gasteiger partial charge < -0.3 is 38.6 Å². The van der Waals surface area contributed by atoms with E-state index in [1.165, 1.54) is 13.2 Å². The summed E-state index contributed by atoms with van der Waals surface area (Å²) in [5.74, 6) is -0.792. The molecule has 3 fully saturated rings. The van der Waals surface area contributed by atoms with Crippen LogP contribution < -0.4 is 19.7 Å². The SMILES string of the molecule is CCOC(=O)CCCc1c(F)ccc2cc(OCOC)cc(-c3ccc4c(N5CCOCC(CCNC(=O)OCc6ccccc6)C5)nc(OC[C@@]56CCCN5C[C@H](F)C6)nc4c3F)c12. The molecule has 8 rings (SSSR count). The van der Waals surface area contributed by atoms with E-state index >= 15 is 8.78 Å². The van der Waals surface area contributed by atoms with Crippen LogP contribution in [0.25, 0.3) is 32.8 Å². The molecule has 16 heteroatoms. The fourth-order valence-electron chi connectivity index (χ4n) is 9.48. The summed E-state index contributed by atoms with van der Waals surface area (Å²) in [5.41, 5.74) is 1.18. The third-order valence-electron chi connectivity index (χ3n) is 12.6. The third-order valence-corrected chi connectivity index (χ3v) is 12.6. The van der Waals surface area contributed by atoms with Crippen molar-refractivity contribution < 1.29 is 51.2 Å². The lowest BCUT2D eigenvalue weighted by Crippen LogP contribution is -2.43. The average Bonchev–Trinajstić information content (AvgIpc) is 3.73. The van der Waals surface area contributed by atoms with Gasteiger partial charge in [-0.1, -0.05) is 42.5 Å². The molecule has 1 unspecified atom stereocenters. The quantitative estimate of drug-likeness (QED) is 0.0670. The van der Waals surface area contributed by atoms with Gasteiger partial charge in [-0.2, -0.15) is 9.97 Å². The Morgan fingerprint density at radius 3 is 2.68 bits per heavy atom. The van der Waals surface area contributed by atoms with Crippen LogP contribution >= 0.6 is 0 Å². The van der Waals surface area contributed by atoms with Gasteiger partial charge in [-0.15, -0.1) is 0 Å². The molecule has 0 spiro atoms. The zero-order valence-electron chi connectivity index (χ0n) is 36.9. The Bertz CT molecular complexity index is 2460. The van der Waals surface area contributed by atoms with E-state index < -0.39 is 29.4 Å². The van der Waals surface area contributed by atoms with E-state index in [-0.39, 0.29) is 68.4 Å². The number of methoxy groups -OCH3 is 1. The van der Waals surface area contributed by atoms with Crippen molar-refractivity contribution in [3.8, 4) is 22.9 Å². The van der Waals surface area contributed by atoms with Crippen LogP contribution in [0.3, 0.4) is 0 Å². The van der Waals surface area contributed by atoms with Crippen LogP contribution in [0.2, 0.25) is 0 Å². The van der Waals surface area contributed by atoms with Crippen molar-refractivity contribution in [2.24, 2.45) is 5.92 Å². The van der Waals surface area contributed by atoms with Crippen LogP contribution in [-0.2, 0) is 36.8 Å². The molecule has 5 aromatic rings. The highest BCUT2D eigenvalue weighted by Crippen LogP contribution is 2.43. The number of hydrogen-bond acceptors (Lipinski definition) is 12. The van der Waals surface area contributed by atoms with Crippen LogP contribution in [0.4, 0.5) is 23.8 Å². The Morgan fingerprint density at radius 2 is 1.85 bits per heavy atom. The molecule has 4 heterocycles. The largest absolute Gasteiger partial charge is 0.468 e. The lowest BCUT2D eigenvalue weighted by atomic mass is 9.91. The van der Waals surface area contributed by atoms with Crippen LogP contribution in [0, 0.1) is 17.6 Å². The number of alkyl halides is 1. The molecule has 13 nitrogen and oxygen atoms in total. The molecular weight excluding hydrogens is 844 g/mol. The highest BCUT2D eigenvalue weighted by Gasteiger charge is 2.49. The lowest BCUT2D eigenvalue weighted by molar-refractivity contribution is -0.143. The number of halogens is 3. The minimum atomic E-state index is -0.973. The van der Waals surface area contributed by atoms with E-state index in [1.807, 2.05) is 35.2 Å². The molecule has 0 radical (unpaired) electrons. The van der Waals surface area contributed by atoms with Crippen LogP contribution in [0.5, 0.6) is 11.8 Å². The second-order valence-electron chi connectivity index (χ2n) is 17.0. The minimum Gasteiger partial charge on any atom is -0.468 e. The highest BCUT2D eigenvalue weighted by atomic mass is 19.1. The van der Waals surface area contributed by atoms with Gasteiger partial charge in [-0.3, -0.25) is 9.69 Å². The Kier molecular flexibility index (Phi) is 14.9. The molecule has 3 saturated heterocycles. The van der Waals surface area contributed by atoms with Gasteiger partial charge in [0.25, 0.3) is 0 Å². The molecule has 1 N–H and O–H groups in total. The second-order valence-corrected chi connectivity index (χ2v) is 17.0. The molecule has 4 aromatic carbocycles. The van der Waals surface area contributed by atoms with Gasteiger partial charge in [-0.05, 0) is 97.3 Å². The van der Waals surface area contributed by atoms with Crippen molar-refractivity contribution in [2.75, 3.05) is 78.0 Å². The van der Waals surface area contributed by atoms with Crippen molar-refractivity contribution in [1.82, 2.24) is 20.2 Å². The Morgan fingerprint density at radius 1 is 0.985 bits per heavy atom. The molecule has 0 bridgehead atoms. The van der Waals surface area contributed by atoms with E-state index in [4.69, 9.17) is 38.4 Å². The first kappa shape index (κ1) is 45.8. The maximum Gasteiger partial charge on any atom is 0.407 e. The first-order valence-electron chi connectivity index (χ1n) is 22.5. The third kappa shape index (κ3) is 10.7. The monoisotopic (exact) mass is 899 g/mol. The smallest absolute Gasteiger partial charge is 0.407 e. The number of hydrogen-bond donors (Lipinski definition) is 1. The molecule has 3 atom stereocenters. The first-order chi connectivity index (χ1) is 31.6. The lowest BCUT2D eigenvalue weighted by Gasteiger charge is -2.31. The van der Waals surface area contributed by atoms with E-state index in [1.54, 1.807) is 37.3 Å². The maximum atomic E-state index is 17.7. The zero-order chi connectivity index (χ0) is 45.3. The summed E-state index contributed by atoms with van der Waals surface area (Å²) in [7, 11) is 1.49. The summed E-state index contributed by atoms with van der Waals surface area (Å²) in [6.07, 6.45) is 1.67. The fraction of sp³-hybridized carbons (Fsp3) is 0.469. The summed E-state index contributed by atoms with van der Waals surface area (Å²) in [5, 5.41) is 4.33.